The number of nitrogens with one attached hydrogen (secondary N) is 8. The third kappa shape index (κ3) is 22.6. The summed E-state index contributed by atoms with van der Waals surface area (Å²) >= 11 is 0. The molecule has 3 aliphatic heterocycles. The van der Waals surface area contributed by atoms with Gasteiger partial charge < -0.3 is 67.2 Å². The summed E-state index contributed by atoms with van der Waals surface area (Å²) in [6, 6.07) is -4.59. The standard InChI is InChI=1S/C66H110N12O12/c1-37(2)31-47-58(82)68-43(12)42(11)67-51(34-40(7)8)66(90)78-30-24-21-27-53(78)61(85)74-55(45(14)79)62(86)71-49(35-46-25-19-17-20-26-46)60(84)72-50(33-39(5)6)64(88)76(16)56(41(9)10)63(87)73-52(65(89)77-28-22-18-23-29-77)36-54(80)75(15)44(13)57(81)69-48(32-38(3)4)59(83)70-47/h17,19-20,25-26,37-45,47-53,55-56,67,79H,18,21-24,27-36H2,1-16H3,(H,68,82)(H,69,81)(H,70,83)(H,71,86)(H,72,84)(H,73,87)(H,74,85)/t42?,43-,44-,45+,47-,48-,49-,50-,51-,52-,53-,55-,56-/m0/s1. The number of likely N-dealkylation sites (N-methyl/N-ethyl adjacent to an activating group) is 2. The number of aliphatic hydroxyl groups is 1. The second-order valence-electron chi connectivity index (χ2n) is 27.5. The zero-order valence-electron chi connectivity index (χ0n) is 56.6. The van der Waals surface area contributed by atoms with Crippen LogP contribution in [-0.2, 0) is 59.2 Å². The average Bonchev–Trinajstić information content (AvgIpc) is 1.42. The summed E-state index contributed by atoms with van der Waals surface area (Å²) < 4.78 is 0. The Morgan fingerprint density at radius 1 is 0.511 bits per heavy atom. The molecule has 506 valence electrons. The maximum Gasteiger partial charge on any atom is 0.245 e. The largest absolute Gasteiger partial charge is 0.391 e. The summed E-state index contributed by atoms with van der Waals surface area (Å²) in [4.78, 5) is 166. The van der Waals surface area contributed by atoms with Crippen LogP contribution in [0.3, 0.4) is 0 Å². The molecule has 4 rings (SSSR count). The van der Waals surface area contributed by atoms with Crippen LogP contribution >= 0.6 is 0 Å². The van der Waals surface area contributed by atoms with Crippen molar-refractivity contribution < 1.29 is 57.8 Å². The molecule has 1 unspecified atom stereocenters. The highest BCUT2D eigenvalue weighted by molar-refractivity contribution is 5.99. The highest BCUT2D eigenvalue weighted by Crippen LogP contribution is 2.23. The van der Waals surface area contributed by atoms with E-state index >= 15 is 0 Å². The van der Waals surface area contributed by atoms with Crippen molar-refractivity contribution in [2.45, 2.75) is 253 Å². The van der Waals surface area contributed by atoms with Gasteiger partial charge in [-0.2, -0.15) is 0 Å². The van der Waals surface area contributed by atoms with E-state index in [1.165, 1.54) is 37.7 Å². The number of benzene rings is 1. The number of nitrogens with zero attached hydrogens (tertiary/aromatic N) is 4. The minimum Gasteiger partial charge on any atom is -0.391 e. The Hall–Kier alpha value is -6.69. The van der Waals surface area contributed by atoms with Crippen molar-refractivity contribution >= 4 is 65.0 Å². The summed E-state index contributed by atoms with van der Waals surface area (Å²) in [6.07, 6.45) is 2.38. The Kier molecular flexibility index (Phi) is 30.1. The fourth-order valence-electron chi connectivity index (χ4n) is 12.0. The zero-order chi connectivity index (χ0) is 67.4. The Bertz CT molecular complexity index is 2590. The van der Waals surface area contributed by atoms with Crippen molar-refractivity contribution in [3.63, 3.8) is 0 Å². The molecule has 0 aliphatic carbocycles. The molecule has 1 aromatic rings. The van der Waals surface area contributed by atoms with Crippen LogP contribution in [-0.4, -0.2) is 202 Å². The number of amides is 11. The highest BCUT2D eigenvalue weighted by Gasteiger charge is 2.43. The molecule has 24 nitrogen and oxygen atoms in total. The molecule has 9 N–H and O–H groups in total. The van der Waals surface area contributed by atoms with Gasteiger partial charge in [0.25, 0.3) is 0 Å². The van der Waals surface area contributed by atoms with Crippen molar-refractivity contribution in [2.75, 3.05) is 33.7 Å². The molecule has 0 spiro atoms. The monoisotopic (exact) mass is 1260 g/mol. The summed E-state index contributed by atoms with van der Waals surface area (Å²) in [5.74, 6) is -8.17. The van der Waals surface area contributed by atoms with E-state index in [4.69, 9.17) is 0 Å². The third-order valence-electron chi connectivity index (χ3n) is 17.3. The first-order chi connectivity index (χ1) is 42.2. The molecule has 0 bridgehead atoms. The maximum atomic E-state index is 15.0. The number of rotatable bonds is 13. The molecular weight excluding hydrogens is 1150 g/mol. The minimum atomic E-state index is -1.61. The number of fused-ring (bicyclic) bond motifs is 1. The second-order valence-corrected chi connectivity index (χ2v) is 27.5. The first-order valence-electron chi connectivity index (χ1n) is 32.9. The quantitative estimate of drug-likeness (QED) is 0.137. The summed E-state index contributed by atoms with van der Waals surface area (Å²) in [5, 5.41) is 34.5. The summed E-state index contributed by atoms with van der Waals surface area (Å²) in [5.41, 5.74) is 0.632. The molecule has 3 fully saturated rings. The van der Waals surface area contributed by atoms with Crippen LogP contribution < -0.4 is 42.5 Å². The van der Waals surface area contributed by atoms with E-state index in [2.05, 4.69) is 42.5 Å². The predicted octanol–water partition coefficient (Wildman–Crippen LogP) is 2.68. The van der Waals surface area contributed by atoms with E-state index < -0.39 is 150 Å². The fraction of sp³-hybridized carbons (Fsp3) is 0.742. The van der Waals surface area contributed by atoms with Crippen molar-refractivity contribution in [3.05, 3.63) is 35.9 Å². The topological polar surface area (TPSA) is 317 Å². The SMILES string of the molecule is CC(C)C[C@@H]1NC(=O)[C@H](CC(C)C)NC(=O)[C@H](C)N(C)C(=O)C[C@@H](C(=O)N2CCCCC2)NC(=O)[C@H](C(C)C)N(C)C(=O)[C@H](CC(C)C)NC(=O)[C@H](Cc2ccccc2)NC(=O)[C@H]([C@@H](C)O)NC(=O)[C@@H]2CCCCN2C(=O)[C@H](CC(C)C)NC(C)[C@H](C)NC1=O. The first kappa shape index (κ1) is 75.8. The smallest absolute Gasteiger partial charge is 0.245 e. The summed E-state index contributed by atoms with van der Waals surface area (Å²) in [6.45, 7) is 26.0. The van der Waals surface area contributed by atoms with Crippen molar-refractivity contribution in [2.24, 2.45) is 29.6 Å². The molecule has 0 radical (unpaired) electrons. The molecule has 0 aromatic heterocycles. The average molecular weight is 1260 g/mol. The lowest BCUT2D eigenvalue weighted by molar-refractivity contribution is -0.147. The molecule has 13 atom stereocenters. The Labute approximate surface area is 534 Å². The first-order valence-corrected chi connectivity index (χ1v) is 32.9. The molecule has 1 aromatic carbocycles. The molecule has 3 saturated heterocycles. The number of piperidine rings is 2. The van der Waals surface area contributed by atoms with Gasteiger partial charge in [0.05, 0.1) is 18.6 Å². The molecule has 0 saturated carbocycles. The van der Waals surface area contributed by atoms with Gasteiger partial charge in [0, 0.05) is 52.2 Å². The van der Waals surface area contributed by atoms with Crippen LogP contribution in [0.1, 0.15) is 173 Å². The van der Waals surface area contributed by atoms with E-state index in [9.17, 15) is 57.8 Å². The van der Waals surface area contributed by atoms with Gasteiger partial charge in [-0.25, -0.2) is 0 Å². The number of hydrogen-bond donors (Lipinski definition) is 9. The zero-order valence-corrected chi connectivity index (χ0v) is 56.6. The lowest BCUT2D eigenvalue weighted by Gasteiger charge is -2.39. The van der Waals surface area contributed by atoms with Crippen molar-refractivity contribution in [1.82, 2.24) is 62.1 Å². The lowest BCUT2D eigenvalue weighted by atomic mass is 9.95. The van der Waals surface area contributed by atoms with E-state index in [0.717, 1.165) is 11.3 Å². The van der Waals surface area contributed by atoms with Gasteiger partial charge in [-0.3, -0.25) is 52.7 Å². The minimum absolute atomic E-state index is 0.00457. The second kappa shape index (κ2) is 35.8. The summed E-state index contributed by atoms with van der Waals surface area (Å²) in [7, 11) is 2.80. The molecular formula is C66H110N12O12. The van der Waals surface area contributed by atoms with Crippen LogP contribution in [0, 0.1) is 29.6 Å². The number of carbonyl (C=O) groups excluding carboxylic acids is 11. The number of aliphatic hydroxyl groups excluding tert-OH is 1. The van der Waals surface area contributed by atoms with Gasteiger partial charge in [0.15, 0.2) is 0 Å². The van der Waals surface area contributed by atoms with E-state index in [0.29, 0.717) is 50.8 Å². The van der Waals surface area contributed by atoms with E-state index in [-0.39, 0.29) is 68.2 Å². The highest BCUT2D eigenvalue weighted by atomic mass is 16.3. The number of likely N-dealkylation sites (tertiary alicyclic amines) is 1. The predicted molar refractivity (Wildman–Crippen MR) is 343 cm³/mol. The fourth-order valence-corrected chi connectivity index (χ4v) is 12.0. The van der Waals surface area contributed by atoms with Gasteiger partial charge in [-0.05, 0) is 127 Å². The van der Waals surface area contributed by atoms with Crippen molar-refractivity contribution in [1.29, 1.82) is 0 Å². The van der Waals surface area contributed by atoms with Gasteiger partial charge >= 0.3 is 0 Å². The Balaban J connectivity index is 1.85. The Morgan fingerprint density at radius 3 is 1.57 bits per heavy atom. The lowest BCUT2D eigenvalue weighted by Crippen LogP contribution is -2.63. The van der Waals surface area contributed by atoms with Crippen LogP contribution in [0.5, 0.6) is 0 Å². The van der Waals surface area contributed by atoms with Gasteiger partial charge in [-0.1, -0.05) is 99.6 Å². The van der Waals surface area contributed by atoms with Gasteiger partial charge in [0.1, 0.15) is 54.4 Å². The number of hydrogen-bond acceptors (Lipinski definition) is 13. The van der Waals surface area contributed by atoms with Crippen LogP contribution in [0.15, 0.2) is 30.3 Å². The third-order valence-corrected chi connectivity index (χ3v) is 17.3. The van der Waals surface area contributed by atoms with Crippen LogP contribution in [0.4, 0.5) is 0 Å². The normalized spacial score (nSPS) is 28.6. The number of carbonyl (C=O) groups is 11. The van der Waals surface area contributed by atoms with Crippen LogP contribution in [0.25, 0.3) is 0 Å². The molecule has 24 heteroatoms. The van der Waals surface area contributed by atoms with Crippen LogP contribution in [0.2, 0.25) is 0 Å². The Morgan fingerprint density at radius 2 is 1.01 bits per heavy atom. The van der Waals surface area contributed by atoms with Gasteiger partial charge in [0.2, 0.25) is 65.0 Å². The molecule has 3 aliphatic rings. The van der Waals surface area contributed by atoms with E-state index in [1.54, 1.807) is 56.0 Å². The van der Waals surface area contributed by atoms with E-state index in [1.807, 2.05) is 62.3 Å². The van der Waals surface area contributed by atoms with Gasteiger partial charge in [-0.15, -0.1) is 0 Å². The molecule has 11 amide bonds. The molecule has 90 heavy (non-hydrogen) atoms. The molecule has 3 heterocycles. The van der Waals surface area contributed by atoms with Crippen molar-refractivity contribution in [3.8, 4) is 0 Å². The maximum absolute atomic E-state index is 15.0.